The highest BCUT2D eigenvalue weighted by molar-refractivity contribution is 6.36. The number of hydrogen-bond acceptors (Lipinski definition) is 8. The van der Waals surface area contributed by atoms with Gasteiger partial charge in [-0.2, -0.15) is 0 Å². The van der Waals surface area contributed by atoms with Crippen LogP contribution in [0.25, 0.3) is 0 Å². The first-order valence-corrected chi connectivity index (χ1v) is 15.4. The van der Waals surface area contributed by atoms with Crippen molar-refractivity contribution in [1.29, 1.82) is 0 Å². The highest BCUT2D eigenvalue weighted by Gasteiger charge is 2.40. The number of β-amino-alcohol motifs (C(OH)–C–C–N with tert-alkyl or cyclic N) is 1. The summed E-state index contributed by atoms with van der Waals surface area (Å²) in [7, 11) is 1.32. The summed E-state index contributed by atoms with van der Waals surface area (Å²) in [6.45, 7) is 1.27. The number of oxazole rings is 1. The van der Waals surface area contributed by atoms with Crippen LogP contribution in [0.1, 0.15) is 58.1 Å². The first-order chi connectivity index (χ1) is 21.2. The Hall–Kier alpha value is -3.50. The Morgan fingerprint density at radius 1 is 1.11 bits per heavy atom. The van der Waals surface area contributed by atoms with E-state index in [9.17, 15) is 14.7 Å². The molecule has 3 heterocycles. The summed E-state index contributed by atoms with van der Waals surface area (Å²) < 4.78 is 18.1. The van der Waals surface area contributed by atoms with Gasteiger partial charge < -0.3 is 23.9 Å². The molecule has 6 rings (SSSR count). The van der Waals surface area contributed by atoms with E-state index in [1.165, 1.54) is 13.3 Å². The smallest absolute Gasteiger partial charge is 0.419 e. The minimum absolute atomic E-state index is 0.106. The molecule has 0 spiro atoms. The Balaban J connectivity index is 1.16. The quantitative estimate of drug-likeness (QED) is 0.196. The highest BCUT2D eigenvalue weighted by Crippen LogP contribution is 2.42. The van der Waals surface area contributed by atoms with Gasteiger partial charge in [0, 0.05) is 40.8 Å². The second kappa shape index (κ2) is 12.5. The fourth-order valence-corrected chi connectivity index (χ4v) is 6.55. The highest BCUT2D eigenvalue weighted by atomic mass is 35.5. The molecule has 4 aromatic rings. The number of methoxy groups -OCH3 is 1. The molecular formula is C32H30Cl3N3O6. The number of benzene rings is 2. The van der Waals surface area contributed by atoms with E-state index in [1.807, 2.05) is 4.90 Å². The molecule has 0 radical (unpaired) electrons. The number of pyridine rings is 1. The number of aliphatic hydroxyl groups is 1. The minimum Gasteiger partial charge on any atom is -0.487 e. The summed E-state index contributed by atoms with van der Waals surface area (Å²) in [6, 6.07) is 13.9. The van der Waals surface area contributed by atoms with E-state index >= 15 is 0 Å². The molecule has 12 heteroatoms. The minimum atomic E-state index is -1.21. The summed E-state index contributed by atoms with van der Waals surface area (Å²) in [4.78, 5) is 30.9. The van der Waals surface area contributed by atoms with Gasteiger partial charge in [0.2, 0.25) is 0 Å². The third-order valence-electron chi connectivity index (χ3n) is 8.18. The van der Waals surface area contributed by atoms with Crippen LogP contribution in [0.2, 0.25) is 15.1 Å². The number of nitrogens with zero attached hydrogens (tertiary/aromatic N) is 3. The summed E-state index contributed by atoms with van der Waals surface area (Å²) in [5, 5.41) is 13.0. The predicted molar refractivity (Wildman–Crippen MR) is 167 cm³/mol. The van der Waals surface area contributed by atoms with Gasteiger partial charge in [-0.05, 0) is 67.6 Å². The molecule has 1 saturated heterocycles. The summed E-state index contributed by atoms with van der Waals surface area (Å²) in [6.07, 6.45) is 4.26. The number of hydrogen-bond donors (Lipinski definition) is 1. The van der Waals surface area contributed by atoms with Crippen LogP contribution in [0.3, 0.4) is 0 Å². The fraction of sp³-hybridized carbons (Fsp3) is 0.344. The number of rotatable bonds is 10. The van der Waals surface area contributed by atoms with Crippen molar-refractivity contribution < 1.29 is 23.8 Å². The van der Waals surface area contributed by atoms with E-state index in [4.69, 9.17) is 48.7 Å². The van der Waals surface area contributed by atoms with Gasteiger partial charge in [-0.3, -0.25) is 4.57 Å². The lowest BCUT2D eigenvalue weighted by atomic mass is 9.93. The van der Waals surface area contributed by atoms with Gasteiger partial charge in [0.1, 0.15) is 35.2 Å². The normalized spacial score (nSPS) is 18.1. The molecule has 0 amide bonds. The maximum absolute atomic E-state index is 12.9. The van der Waals surface area contributed by atoms with E-state index in [1.54, 1.807) is 53.1 Å². The van der Waals surface area contributed by atoms with Crippen molar-refractivity contribution >= 4 is 46.6 Å². The molecule has 1 aliphatic carbocycles. The SMILES string of the molecule is COC(=O)c1ccc(N2CCC(O)(c3ccc(OCc4c(C5CC5)oc(=O)n4CCc4c(Cl)cccc4Cl)cc3Cl)C2)nc1. The number of halogens is 3. The molecule has 0 bridgehead atoms. The molecular weight excluding hydrogens is 629 g/mol. The molecule has 1 aliphatic heterocycles. The maximum atomic E-state index is 12.9. The largest absolute Gasteiger partial charge is 0.487 e. The van der Waals surface area contributed by atoms with Crippen molar-refractivity contribution in [2.24, 2.45) is 0 Å². The zero-order chi connectivity index (χ0) is 31.0. The maximum Gasteiger partial charge on any atom is 0.419 e. The van der Waals surface area contributed by atoms with Crippen LogP contribution in [0.15, 0.2) is 63.9 Å². The number of anilines is 1. The molecule has 2 fully saturated rings. The number of carbonyl (C=O) groups is 1. The van der Waals surface area contributed by atoms with Gasteiger partial charge in [0.25, 0.3) is 0 Å². The third kappa shape index (κ3) is 6.19. The first-order valence-electron chi connectivity index (χ1n) is 14.3. The van der Waals surface area contributed by atoms with Gasteiger partial charge in [-0.25, -0.2) is 14.6 Å². The summed E-state index contributed by atoms with van der Waals surface area (Å²) >= 11 is 19.4. The number of carbonyl (C=O) groups excluding carboxylic acids is 1. The lowest BCUT2D eigenvalue weighted by Gasteiger charge is -2.25. The van der Waals surface area contributed by atoms with Gasteiger partial charge in [0.05, 0.1) is 24.2 Å². The molecule has 230 valence electrons. The van der Waals surface area contributed by atoms with Gasteiger partial charge in [-0.1, -0.05) is 46.9 Å². The zero-order valence-electron chi connectivity index (χ0n) is 23.9. The van der Waals surface area contributed by atoms with Crippen molar-refractivity contribution in [3.05, 3.63) is 108 Å². The van der Waals surface area contributed by atoms with Crippen LogP contribution in [-0.2, 0) is 29.9 Å². The van der Waals surface area contributed by atoms with E-state index in [2.05, 4.69) is 4.98 Å². The average molecular weight is 659 g/mol. The first kappa shape index (κ1) is 30.5. The lowest BCUT2D eigenvalue weighted by molar-refractivity contribution is 0.0595. The van der Waals surface area contributed by atoms with Crippen LogP contribution in [-0.4, -0.2) is 40.8 Å². The van der Waals surface area contributed by atoms with Crippen molar-refractivity contribution in [2.75, 3.05) is 25.1 Å². The molecule has 1 unspecified atom stereocenters. The Labute approximate surface area is 268 Å². The number of aromatic nitrogens is 2. The second-order valence-corrected chi connectivity index (χ2v) is 12.3. The van der Waals surface area contributed by atoms with Gasteiger partial charge in [-0.15, -0.1) is 0 Å². The van der Waals surface area contributed by atoms with Crippen LogP contribution < -0.4 is 15.4 Å². The number of esters is 1. The average Bonchev–Trinajstić information content (AvgIpc) is 3.71. The van der Waals surface area contributed by atoms with Crippen molar-refractivity contribution in [3.63, 3.8) is 0 Å². The molecule has 2 aromatic carbocycles. The van der Waals surface area contributed by atoms with Crippen LogP contribution in [0, 0.1) is 0 Å². The Kier molecular flexibility index (Phi) is 8.66. The Morgan fingerprint density at radius 2 is 1.89 bits per heavy atom. The second-order valence-electron chi connectivity index (χ2n) is 11.1. The molecule has 1 saturated carbocycles. The van der Waals surface area contributed by atoms with E-state index < -0.39 is 17.3 Å². The van der Waals surface area contributed by atoms with Crippen molar-refractivity contribution in [3.8, 4) is 5.75 Å². The summed E-state index contributed by atoms with van der Waals surface area (Å²) in [5.41, 5.74) is 1.17. The molecule has 9 nitrogen and oxygen atoms in total. The molecule has 2 aliphatic rings. The van der Waals surface area contributed by atoms with Crippen molar-refractivity contribution in [1.82, 2.24) is 9.55 Å². The predicted octanol–water partition coefficient (Wildman–Crippen LogP) is 6.38. The zero-order valence-corrected chi connectivity index (χ0v) is 26.2. The monoisotopic (exact) mass is 657 g/mol. The van der Waals surface area contributed by atoms with Crippen LogP contribution in [0.5, 0.6) is 5.75 Å². The Bertz CT molecular complexity index is 1730. The molecule has 1 atom stereocenters. The van der Waals surface area contributed by atoms with E-state index in [-0.39, 0.29) is 19.1 Å². The third-order valence-corrected chi connectivity index (χ3v) is 9.20. The Morgan fingerprint density at radius 3 is 2.55 bits per heavy atom. The standard InChI is InChI=1S/C32H30Cl3N3O6/c1-42-30(39)20-7-10-28(36-16-20)37-14-12-32(41,18-37)23-9-8-21(15-26(23)35)43-17-27-29(19-5-6-19)44-31(40)38(27)13-11-22-24(33)3-2-4-25(22)34/h2-4,7-10,15-16,19,41H,5-6,11-14,17-18H2,1H3. The van der Waals surface area contributed by atoms with E-state index in [0.29, 0.717) is 75.1 Å². The lowest BCUT2D eigenvalue weighted by Crippen LogP contribution is -2.31. The van der Waals surface area contributed by atoms with Gasteiger partial charge in [0.15, 0.2) is 0 Å². The topological polar surface area (TPSA) is 107 Å². The summed E-state index contributed by atoms with van der Waals surface area (Å²) in [5.74, 6) is 1.08. The molecule has 2 aromatic heterocycles. The molecule has 44 heavy (non-hydrogen) atoms. The van der Waals surface area contributed by atoms with Crippen LogP contribution in [0.4, 0.5) is 5.82 Å². The molecule has 1 N–H and O–H groups in total. The van der Waals surface area contributed by atoms with Crippen LogP contribution >= 0.6 is 34.8 Å². The van der Waals surface area contributed by atoms with E-state index in [0.717, 1.165) is 18.4 Å². The van der Waals surface area contributed by atoms with Gasteiger partial charge >= 0.3 is 11.7 Å². The van der Waals surface area contributed by atoms with Crippen molar-refractivity contribution in [2.45, 2.75) is 50.4 Å². The number of ether oxygens (including phenoxy) is 2. The fourth-order valence-electron chi connectivity index (χ4n) is 5.62.